The van der Waals surface area contributed by atoms with E-state index in [2.05, 4.69) is 4.98 Å². The van der Waals surface area contributed by atoms with Gasteiger partial charge in [-0.2, -0.15) is 13.2 Å². The van der Waals surface area contributed by atoms with Gasteiger partial charge in [0.25, 0.3) is 0 Å². The molecule has 1 aromatic rings. The van der Waals surface area contributed by atoms with E-state index in [0.29, 0.717) is 5.56 Å². The van der Waals surface area contributed by atoms with Gasteiger partial charge in [0.15, 0.2) is 0 Å². The zero-order chi connectivity index (χ0) is 12.9. The van der Waals surface area contributed by atoms with Crippen LogP contribution in [-0.2, 0) is 11.3 Å². The standard InChI is InChI=1S/C10H10F3NO3/c11-10(12,13)2-4-17-6-7-1-3-14-8(5-7)9(15)16/h1,3,5H,2,4,6H2,(H,15,16). The van der Waals surface area contributed by atoms with E-state index in [1.807, 2.05) is 0 Å². The van der Waals surface area contributed by atoms with E-state index in [9.17, 15) is 18.0 Å². The fourth-order valence-electron chi connectivity index (χ4n) is 1.06. The smallest absolute Gasteiger partial charge is 0.391 e. The van der Waals surface area contributed by atoms with E-state index in [1.54, 1.807) is 0 Å². The van der Waals surface area contributed by atoms with Crippen LogP contribution in [0.2, 0.25) is 0 Å². The Morgan fingerprint density at radius 2 is 2.18 bits per heavy atom. The molecule has 0 aromatic carbocycles. The zero-order valence-corrected chi connectivity index (χ0v) is 8.70. The number of hydrogen-bond donors (Lipinski definition) is 1. The molecule has 0 aliphatic heterocycles. The first-order chi connectivity index (χ1) is 7.88. The number of aromatic nitrogens is 1. The quantitative estimate of drug-likeness (QED) is 0.813. The Labute approximate surface area is 95.0 Å². The maximum Gasteiger partial charge on any atom is 0.391 e. The lowest BCUT2D eigenvalue weighted by molar-refractivity contribution is -0.146. The SMILES string of the molecule is O=C(O)c1cc(COCCC(F)(F)F)ccn1. The van der Waals surface area contributed by atoms with Crippen molar-refractivity contribution in [1.29, 1.82) is 0 Å². The molecular weight excluding hydrogens is 239 g/mol. The number of nitrogens with zero attached hydrogens (tertiary/aromatic N) is 1. The minimum Gasteiger partial charge on any atom is -0.477 e. The average Bonchev–Trinajstić information content (AvgIpc) is 2.23. The highest BCUT2D eigenvalue weighted by molar-refractivity contribution is 5.85. The number of carboxylic acid groups (broad SMARTS) is 1. The second-order valence-corrected chi connectivity index (χ2v) is 3.27. The number of pyridine rings is 1. The number of rotatable bonds is 5. The minimum atomic E-state index is -4.25. The summed E-state index contributed by atoms with van der Waals surface area (Å²) in [5, 5.41) is 8.64. The minimum absolute atomic E-state index is 0.0706. The Morgan fingerprint density at radius 3 is 2.76 bits per heavy atom. The molecule has 1 aromatic heterocycles. The van der Waals surface area contributed by atoms with E-state index in [0.717, 1.165) is 0 Å². The van der Waals surface area contributed by atoms with Crippen LogP contribution in [0, 0.1) is 0 Å². The fraction of sp³-hybridized carbons (Fsp3) is 0.400. The molecule has 0 atom stereocenters. The first kappa shape index (κ1) is 13.4. The van der Waals surface area contributed by atoms with Crippen molar-refractivity contribution in [2.24, 2.45) is 0 Å². The number of ether oxygens (including phenoxy) is 1. The normalized spacial score (nSPS) is 11.5. The highest BCUT2D eigenvalue weighted by atomic mass is 19.4. The largest absolute Gasteiger partial charge is 0.477 e. The topological polar surface area (TPSA) is 59.4 Å². The van der Waals surface area contributed by atoms with Gasteiger partial charge in [-0.05, 0) is 17.7 Å². The van der Waals surface area contributed by atoms with Crippen LogP contribution >= 0.6 is 0 Å². The van der Waals surface area contributed by atoms with Crippen molar-refractivity contribution in [3.8, 4) is 0 Å². The molecule has 94 valence electrons. The predicted octanol–water partition coefficient (Wildman–Crippen LogP) is 2.25. The Hall–Kier alpha value is -1.63. The van der Waals surface area contributed by atoms with E-state index in [4.69, 9.17) is 9.84 Å². The van der Waals surface area contributed by atoms with Crippen LogP contribution in [0.25, 0.3) is 0 Å². The molecule has 7 heteroatoms. The lowest BCUT2D eigenvalue weighted by Gasteiger charge is -2.07. The van der Waals surface area contributed by atoms with Crippen molar-refractivity contribution >= 4 is 5.97 Å². The van der Waals surface area contributed by atoms with E-state index >= 15 is 0 Å². The number of carbonyl (C=O) groups is 1. The molecule has 4 nitrogen and oxygen atoms in total. The molecule has 0 fully saturated rings. The van der Waals surface area contributed by atoms with Gasteiger partial charge in [0.1, 0.15) is 5.69 Å². The second-order valence-electron chi connectivity index (χ2n) is 3.27. The monoisotopic (exact) mass is 249 g/mol. The lowest BCUT2D eigenvalue weighted by atomic mass is 10.2. The molecule has 0 saturated carbocycles. The molecule has 0 saturated heterocycles. The van der Waals surface area contributed by atoms with Crippen LogP contribution in [0.1, 0.15) is 22.5 Å². The third-order valence-corrected chi connectivity index (χ3v) is 1.84. The molecule has 0 bridgehead atoms. The summed E-state index contributed by atoms with van der Waals surface area (Å²) in [7, 11) is 0. The zero-order valence-electron chi connectivity index (χ0n) is 8.70. The van der Waals surface area contributed by atoms with Gasteiger partial charge in [-0.15, -0.1) is 0 Å². The Bertz CT molecular complexity index is 393. The molecule has 1 rings (SSSR count). The molecule has 1 N–H and O–H groups in total. The predicted molar refractivity (Wildman–Crippen MR) is 51.5 cm³/mol. The summed E-state index contributed by atoms with van der Waals surface area (Å²) in [6.07, 6.45) is -4.00. The Balaban J connectivity index is 2.42. The summed E-state index contributed by atoms with van der Waals surface area (Å²) < 4.78 is 40.1. The number of alkyl halides is 3. The van der Waals surface area contributed by atoms with Crippen molar-refractivity contribution in [3.05, 3.63) is 29.6 Å². The van der Waals surface area contributed by atoms with Gasteiger partial charge in [0.2, 0.25) is 0 Å². The molecule has 0 unspecified atom stereocenters. The summed E-state index contributed by atoms with van der Waals surface area (Å²) in [6.45, 7) is -0.521. The van der Waals surface area contributed by atoms with Crippen LogP contribution in [-0.4, -0.2) is 28.8 Å². The van der Waals surface area contributed by atoms with Crippen LogP contribution in [0.3, 0.4) is 0 Å². The van der Waals surface area contributed by atoms with Gasteiger partial charge >= 0.3 is 12.1 Å². The molecule has 0 radical (unpaired) electrons. The van der Waals surface area contributed by atoms with E-state index in [-0.39, 0.29) is 12.3 Å². The van der Waals surface area contributed by atoms with Gasteiger partial charge in [0.05, 0.1) is 19.6 Å². The second kappa shape index (κ2) is 5.62. The highest BCUT2D eigenvalue weighted by Gasteiger charge is 2.26. The maximum absolute atomic E-state index is 11.8. The van der Waals surface area contributed by atoms with Crippen LogP contribution < -0.4 is 0 Å². The van der Waals surface area contributed by atoms with Gasteiger partial charge in [-0.25, -0.2) is 9.78 Å². The summed E-state index contributed by atoms with van der Waals surface area (Å²) in [4.78, 5) is 14.1. The van der Waals surface area contributed by atoms with Crippen molar-refractivity contribution in [3.63, 3.8) is 0 Å². The number of carboxylic acids is 1. The van der Waals surface area contributed by atoms with Crippen LogP contribution in [0.5, 0.6) is 0 Å². The van der Waals surface area contributed by atoms with Gasteiger partial charge in [-0.3, -0.25) is 0 Å². The Morgan fingerprint density at radius 1 is 1.47 bits per heavy atom. The third-order valence-electron chi connectivity index (χ3n) is 1.84. The van der Waals surface area contributed by atoms with Gasteiger partial charge < -0.3 is 9.84 Å². The van der Waals surface area contributed by atoms with Crippen molar-refractivity contribution in [2.75, 3.05) is 6.61 Å². The summed E-state index contributed by atoms with van der Waals surface area (Å²) in [5.41, 5.74) is 0.307. The molecular formula is C10H10F3NO3. The first-order valence-electron chi connectivity index (χ1n) is 4.71. The molecule has 0 spiro atoms. The molecule has 17 heavy (non-hydrogen) atoms. The van der Waals surface area contributed by atoms with E-state index in [1.165, 1.54) is 18.3 Å². The third kappa shape index (κ3) is 5.30. The molecule has 0 aliphatic carbocycles. The number of aromatic carboxylic acids is 1. The number of halogens is 3. The van der Waals surface area contributed by atoms with E-state index < -0.39 is 25.2 Å². The lowest BCUT2D eigenvalue weighted by Crippen LogP contribution is -2.11. The van der Waals surface area contributed by atoms with Gasteiger partial charge in [0, 0.05) is 6.20 Å². The van der Waals surface area contributed by atoms with Crippen molar-refractivity contribution < 1.29 is 27.8 Å². The summed E-state index contributed by atoms with van der Waals surface area (Å²) in [5.74, 6) is -1.19. The average molecular weight is 249 g/mol. The van der Waals surface area contributed by atoms with Gasteiger partial charge in [-0.1, -0.05) is 0 Å². The maximum atomic E-state index is 11.8. The van der Waals surface area contributed by atoms with Crippen molar-refractivity contribution in [2.45, 2.75) is 19.2 Å². The van der Waals surface area contributed by atoms with Crippen molar-refractivity contribution in [1.82, 2.24) is 4.98 Å². The van der Waals surface area contributed by atoms with Crippen LogP contribution in [0.4, 0.5) is 13.2 Å². The molecule has 1 heterocycles. The number of hydrogen-bond acceptors (Lipinski definition) is 3. The Kier molecular flexibility index (Phi) is 4.45. The molecule has 0 amide bonds. The molecule has 0 aliphatic rings. The highest BCUT2D eigenvalue weighted by Crippen LogP contribution is 2.19. The summed E-state index contributed by atoms with van der Waals surface area (Å²) in [6, 6.07) is 2.75. The summed E-state index contributed by atoms with van der Waals surface area (Å²) >= 11 is 0. The fourth-order valence-corrected chi connectivity index (χ4v) is 1.06. The van der Waals surface area contributed by atoms with Crippen LogP contribution in [0.15, 0.2) is 18.3 Å². The first-order valence-corrected chi connectivity index (χ1v) is 4.71.